The fourth-order valence-corrected chi connectivity index (χ4v) is 13.6. The van der Waals surface area contributed by atoms with Crippen molar-refractivity contribution < 1.29 is 0 Å². The Kier molecular flexibility index (Phi) is 14.7. The molecular formula is C86H68N10. The molecule has 6 heterocycles. The van der Waals surface area contributed by atoms with Gasteiger partial charge in [0.05, 0.1) is 44.8 Å². The number of pyridine rings is 2. The van der Waals surface area contributed by atoms with Crippen molar-refractivity contribution in [2.45, 2.75) is 65.7 Å². The molecule has 10 nitrogen and oxygen atoms in total. The number of aromatic nitrogens is 10. The van der Waals surface area contributed by atoms with Gasteiger partial charge in [0.2, 0.25) is 0 Å². The fourth-order valence-electron chi connectivity index (χ4n) is 13.6. The summed E-state index contributed by atoms with van der Waals surface area (Å²) in [6, 6.07) is 91.9. The van der Waals surface area contributed by atoms with Gasteiger partial charge in [-0.15, -0.1) is 0 Å². The molecule has 0 N–H and O–H groups in total. The van der Waals surface area contributed by atoms with Gasteiger partial charge in [-0.3, -0.25) is 9.97 Å². The lowest BCUT2D eigenvalue weighted by molar-refractivity contribution is 0.523. The van der Waals surface area contributed by atoms with Crippen molar-refractivity contribution in [1.29, 1.82) is 0 Å². The number of benzene rings is 10. The number of nitrogens with zero attached hydrogens (tertiary/aromatic N) is 10. The number of rotatable bonds is 13. The minimum Gasteiger partial charge on any atom is -0.309 e. The quantitative estimate of drug-likeness (QED) is 0.112. The molecule has 96 heavy (non-hydrogen) atoms. The second kappa shape index (κ2) is 23.9. The van der Waals surface area contributed by atoms with Crippen molar-refractivity contribution in [3.8, 4) is 102 Å². The van der Waals surface area contributed by atoms with Crippen LogP contribution in [0.4, 0.5) is 0 Å². The third-order valence-corrected chi connectivity index (χ3v) is 18.6. The second-order valence-electron chi connectivity index (χ2n) is 26.8. The Morgan fingerprint density at radius 3 is 1.14 bits per heavy atom. The highest BCUT2D eigenvalue weighted by molar-refractivity contribution is 6.12. The molecule has 462 valence electrons. The zero-order valence-electron chi connectivity index (χ0n) is 54.7. The lowest BCUT2D eigenvalue weighted by atomic mass is 9.77. The summed E-state index contributed by atoms with van der Waals surface area (Å²) in [6.07, 6.45) is 4.36. The van der Waals surface area contributed by atoms with E-state index in [9.17, 15) is 0 Å². The zero-order chi connectivity index (χ0) is 65.2. The SMILES string of the molecule is Cc1ccc2c(c1)c1cc(C)ccc1n2-c1cc(-c2nc(-c3ccccc3)nc(-c3ccccc3)n2)c(CC(C)(C)c2ccc3c(c2)c2cc(C(C)(C)C)ccc2n3-c2cc(-c3nc(-c4ccccc4)nc(-c4ccccc4)n3)ccc2-c2ccccn2)cc1-c1ccccn1. The Balaban J connectivity index is 0.919. The molecule has 0 fully saturated rings. The summed E-state index contributed by atoms with van der Waals surface area (Å²) in [5, 5.41) is 4.66. The molecule has 0 bridgehead atoms. The van der Waals surface area contributed by atoms with E-state index >= 15 is 0 Å². The first-order chi connectivity index (χ1) is 46.8. The minimum atomic E-state index is -0.494. The summed E-state index contributed by atoms with van der Waals surface area (Å²) >= 11 is 0. The molecule has 0 aliphatic heterocycles. The van der Waals surface area contributed by atoms with E-state index in [-0.39, 0.29) is 5.41 Å². The first kappa shape index (κ1) is 59.2. The largest absolute Gasteiger partial charge is 0.309 e. The summed E-state index contributed by atoms with van der Waals surface area (Å²) in [5.41, 5.74) is 20.6. The molecule has 0 amide bonds. The molecule has 0 unspecified atom stereocenters. The van der Waals surface area contributed by atoms with Gasteiger partial charge in [-0.1, -0.05) is 210 Å². The molecule has 0 radical (unpaired) electrons. The van der Waals surface area contributed by atoms with Crippen LogP contribution in [0.15, 0.2) is 273 Å². The average molecular weight is 1240 g/mol. The lowest BCUT2D eigenvalue weighted by Gasteiger charge is -2.28. The maximum Gasteiger partial charge on any atom is 0.164 e. The van der Waals surface area contributed by atoms with Gasteiger partial charge in [-0.25, -0.2) is 29.9 Å². The van der Waals surface area contributed by atoms with Gasteiger partial charge in [0.1, 0.15) is 0 Å². The van der Waals surface area contributed by atoms with E-state index in [1.807, 2.05) is 122 Å². The highest BCUT2D eigenvalue weighted by atomic mass is 15.1. The third-order valence-electron chi connectivity index (χ3n) is 18.6. The molecule has 0 spiro atoms. The smallest absolute Gasteiger partial charge is 0.164 e. The number of fused-ring (bicyclic) bond motifs is 6. The number of hydrogen-bond donors (Lipinski definition) is 0. The number of aryl methyl sites for hydroxylation is 2. The summed E-state index contributed by atoms with van der Waals surface area (Å²) in [4.78, 5) is 41.8. The minimum absolute atomic E-state index is 0.134. The highest BCUT2D eigenvalue weighted by Crippen LogP contribution is 2.45. The van der Waals surface area contributed by atoms with Crippen LogP contribution in [0.1, 0.15) is 62.4 Å². The highest BCUT2D eigenvalue weighted by Gasteiger charge is 2.30. The lowest BCUT2D eigenvalue weighted by Crippen LogP contribution is -2.21. The Morgan fingerprint density at radius 1 is 0.302 bits per heavy atom. The van der Waals surface area contributed by atoms with Crippen molar-refractivity contribution in [2.24, 2.45) is 0 Å². The normalized spacial score (nSPS) is 11.9. The van der Waals surface area contributed by atoms with Gasteiger partial charge >= 0.3 is 0 Å². The van der Waals surface area contributed by atoms with E-state index in [1.165, 1.54) is 33.0 Å². The van der Waals surface area contributed by atoms with Crippen LogP contribution in [0.5, 0.6) is 0 Å². The van der Waals surface area contributed by atoms with Crippen LogP contribution in [0.2, 0.25) is 0 Å². The molecule has 0 atom stereocenters. The molecule has 0 saturated carbocycles. The number of hydrogen-bond acceptors (Lipinski definition) is 8. The Morgan fingerprint density at radius 2 is 0.688 bits per heavy atom. The van der Waals surface area contributed by atoms with Crippen LogP contribution >= 0.6 is 0 Å². The van der Waals surface area contributed by atoms with Crippen LogP contribution in [0.3, 0.4) is 0 Å². The van der Waals surface area contributed by atoms with Crippen LogP contribution in [0, 0.1) is 13.8 Å². The summed E-state index contributed by atoms with van der Waals surface area (Å²) in [7, 11) is 0. The predicted molar refractivity (Wildman–Crippen MR) is 392 cm³/mol. The van der Waals surface area contributed by atoms with Crippen molar-refractivity contribution in [3.63, 3.8) is 0 Å². The van der Waals surface area contributed by atoms with Crippen LogP contribution in [-0.2, 0) is 17.3 Å². The van der Waals surface area contributed by atoms with Gasteiger partial charge in [-0.2, -0.15) is 0 Å². The van der Waals surface area contributed by atoms with Gasteiger partial charge in [0.25, 0.3) is 0 Å². The Hall–Kier alpha value is -11.9. The third kappa shape index (κ3) is 11.0. The Bertz CT molecular complexity index is 5450. The first-order valence-electron chi connectivity index (χ1n) is 32.8. The Labute approximate surface area is 558 Å². The molecule has 6 aromatic heterocycles. The summed E-state index contributed by atoms with van der Waals surface area (Å²) in [6.45, 7) is 15.9. The van der Waals surface area contributed by atoms with Gasteiger partial charge < -0.3 is 9.13 Å². The van der Waals surface area contributed by atoms with E-state index in [1.54, 1.807) is 0 Å². The van der Waals surface area contributed by atoms with E-state index in [0.29, 0.717) is 41.4 Å². The maximum absolute atomic E-state index is 5.50. The molecule has 10 heteroatoms. The average Bonchev–Trinajstić information content (AvgIpc) is 1.56. The zero-order valence-corrected chi connectivity index (χ0v) is 54.7. The van der Waals surface area contributed by atoms with E-state index < -0.39 is 5.41 Å². The predicted octanol–water partition coefficient (Wildman–Crippen LogP) is 20.8. The van der Waals surface area contributed by atoms with Crippen LogP contribution in [0.25, 0.3) is 146 Å². The molecule has 10 aromatic carbocycles. The van der Waals surface area contributed by atoms with Crippen molar-refractivity contribution in [2.75, 3.05) is 0 Å². The van der Waals surface area contributed by atoms with Crippen LogP contribution in [-0.4, -0.2) is 49.0 Å². The topological polar surface area (TPSA) is 113 Å². The van der Waals surface area contributed by atoms with Gasteiger partial charge in [-0.05, 0) is 145 Å². The second-order valence-corrected chi connectivity index (χ2v) is 26.8. The van der Waals surface area contributed by atoms with Gasteiger partial charge in [0.15, 0.2) is 34.9 Å². The van der Waals surface area contributed by atoms with Gasteiger partial charge in [0, 0.05) is 78.4 Å². The molecule has 0 aliphatic carbocycles. The van der Waals surface area contributed by atoms with Crippen LogP contribution < -0.4 is 0 Å². The monoisotopic (exact) mass is 1240 g/mol. The molecule has 16 rings (SSSR count). The first-order valence-corrected chi connectivity index (χ1v) is 32.8. The van der Waals surface area contributed by atoms with E-state index in [4.69, 9.17) is 39.9 Å². The van der Waals surface area contributed by atoms with Crippen molar-refractivity contribution >= 4 is 43.6 Å². The molecule has 0 saturated heterocycles. The fraction of sp³-hybridized carbons (Fsp3) is 0.116. The molecule has 0 aliphatic rings. The van der Waals surface area contributed by atoms with E-state index in [0.717, 1.165) is 106 Å². The maximum atomic E-state index is 5.50. The standard InChI is InChI=1S/C86H68N10/c1-54-34-40-73-66(46-54)67-47-55(2)35-41-74(67)96(73)78-52-65(84-93-81(58-28-16-10-17-29-58)90-82(94-84)59-30-18-11-19-31-59)61(48-70(78)72-33-21-23-45-88-72)53-86(6,7)63-38-43-76-69(51-63)68-50-62(85(3,4)5)37-42-75(68)95(76)77-49-60(36-39-64(77)71-32-20-22-44-87-71)83-91-79(56-24-12-8-13-25-56)89-80(92-83)57-26-14-9-15-27-57/h8-52H,53H2,1-7H3. The van der Waals surface area contributed by atoms with Crippen molar-refractivity contribution in [3.05, 3.63) is 301 Å². The molecule has 16 aromatic rings. The van der Waals surface area contributed by atoms with E-state index in [2.05, 4.69) is 209 Å². The van der Waals surface area contributed by atoms with Crippen molar-refractivity contribution in [1.82, 2.24) is 49.0 Å². The summed E-state index contributed by atoms with van der Waals surface area (Å²) in [5.74, 6) is 3.54. The molecular weight excluding hydrogens is 1170 g/mol. The summed E-state index contributed by atoms with van der Waals surface area (Å²) < 4.78 is 4.84.